The van der Waals surface area contributed by atoms with Crippen molar-refractivity contribution in [1.29, 1.82) is 0 Å². The summed E-state index contributed by atoms with van der Waals surface area (Å²) in [6, 6.07) is 3.79. The van der Waals surface area contributed by atoms with E-state index in [-0.39, 0.29) is 0 Å². The number of hydrogen-bond acceptors (Lipinski definition) is 2. The van der Waals surface area contributed by atoms with Gasteiger partial charge in [-0.05, 0) is 11.4 Å². The Hall–Kier alpha value is -0.0700. The highest BCUT2D eigenvalue weighted by Crippen LogP contribution is 2.01. The van der Waals surface area contributed by atoms with E-state index >= 15 is 0 Å². The lowest BCUT2D eigenvalue weighted by atomic mass is 10.7. The summed E-state index contributed by atoms with van der Waals surface area (Å²) < 4.78 is 11.1. The molecule has 1 nitrogen and oxygen atoms in total. The average Bonchev–Trinajstić information content (AvgIpc) is 2.14. The van der Waals surface area contributed by atoms with Gasteiger partial charge in [0, 0.05) is 0 Å². The second-order valence-electron chi connectivity index (χ2n) is 1.13. The molecule has 7 heavy (non-hydrogen) atoms. The Labute approximate surface area is 47.2 Å². The molecule has 0 saturated carbocycles. The lowest BCUT2D eigenvalue weighted by Crippen LogP contribution is -1.72. The minimum absolute atomic E-state index is 0.688. The van der Waals surface area contributed by atoms with Gasteiger partial charge in [0.05, 0.1) is 4.62 Å². The lowest BCUT2D eigenvalue weighted by molar-refractivity contribution is 0.603. The maximum Gasteiger partial charge on any atom is 0.102 e. The van der Waals surface area contributed by atoms with E-state index in [1.165, 1.54) is 0 Å². The molecule has 0 saturated heterocycles. The molecule has 0 fully saturated rings. The van der Waals surface area contributed by atoms with Crippen LogP contribution in [0.2, 0.25) is 0 Å². The van der Waals surface area contributed by atoms with E-state index in [2.05, 4.69) is 0 Å². The van der Waals surface area contributed by atoms with Crippen molar-refractivity contribution >= 4 is 24.4 Å². The molecule has 3 heteroatoms. The van der Waals surface area contributed by atoms with Gasteiger partial charge in [-0.15, -0.1) is 11.3 Å². The molecular formula is C4H5OPS. The van der Waals surface area contributed by atoms with E-state index in [0.29, 0.717) is 0 Å². The second kappa shape index (κ2) is 2.29. The first-order chi connectivity index (χ1) is 3.43. The Kier molecular flexibility index (Phi) is 1.66. The first-order valence-corrected chi connectivity index (χ1v) is 3.85. The molecule has 0 aromatic carbocycles. The number of hydrogen-bond donors (Lipinski definition) is 0. The van der Waals surface area contributed by atoms with E-state index in [1.807, 2.05) is 17.5 Å². The molecule has 0 bridgehead atoms. The number of rotatable bonds is 1. The standard InChI is InChI=1S/C4H5OPS/c5-6-4-2-1-3-7-4/h1-3H,6H2. The summed E-state index contributed by atoms with van der Waals surface area (Å²) in [5, 5.41) is 1.93. The van der Waals surface area contributed by atoms with Crippen molar-refractivity contribution < 1.29 is 4.57 Å². The highest BCUT2D eigenvalue weighted by atomic mass is 32.1. The van der Waals surface area contributed by atoms with E-state index in [0.717, 1.165) is 4.62 Å². The van der Waals surface area contributed by atoms with Gasteiger partial charge in [0.25, 0.3) is 0 Å². The van der Waals surface area contributed by atoms with Crippen LogP contribution in [0, 0.1) is 0 Å². The number of thiophene rings is 1. The molecule has 0 spiro atoms. The zero-order chi connectivity index (χ0) is 5.11. The van der Waals surface area contributed by atoms with Crippen molar-refractivity contribution in [3.63, 3.8) is 0 Å². The van der Waals surface area contributed by atoms with Crippen molar-refractivity contribution in [1.82, 2.24) is 0 Å². The maximum atomic E-state index is 10.1. The van der Waals surface area contributed by atoms with Crippen LogP contribution in [0.4, 0.5) is 0 Å². The van der Waals surface area contributed by atoms with Gasteiger partial charge in [0.1, 0.15) is 8.46 Å². The van der Waals surface area contributed by atoms with Crippen molar-refractivity contribution in [3.8, 4) is 0 Å². The molecule has 0 aliphatic heterocycles. The average molecular weight is 132 g/mol. The molecule has 0 N–H and O–H groups in total. The largest absolute Gasteiger partial charge is 0.324 e. The van der Waals surface area contributed by atoms with Gasteiger partial charge < -0.3 is 4.57 Å². The summed E-state index contributed by atoms with van der Waals surface area (Å²) in [5.74, 6) is 0. The minimum atomic E-state index is -0.688. The maximum absolute atomic E-state index is 10.1. The summed E-state index contributed by atoms with van der Waals surface area (Å²) in [4.78, 5) is 0. The summed E-state index contributed by atoms with van der Waals surface area (Å²) in [5.41, 5.74) is 0. The summed E-state index contributed by atoms with van der Waals surface area (Å²) in [7, 11) is -0.688. The fourth-order valence-corrected chi connectivity index (χ4v) is 1.48. The molecule has 0 radical (unpaired) electrons. The van der Waals surface area contributed by atoms with Gasteiger partial charge in [-0.3, -0.25) is 0 Å². The minimum Gasteiger partial charge on any atom is -0.324 e. The SMILES string of the molecule is O=[PH2]c1cccs1. The predicted molar refractivity (Wildman–Crippen MR) is 34.3 cm³/mol. The molecule has 38 valence electrons. The predicted octanol–water partition coefficient (Wildman–Crippen LogP) is 1.13. The molecule has 0 amide bonds. The van der Waals surface area contributed by atoms with Crippen molar-refractivity contribution in [2.24, 2.45) is 0 Å². The smallest absolute Gasteiger partial charge is 0.102 e. The van der Waals surface area contributed by atoms with Crippen LogP contribution >= 0.6 is 19.8 Å². The van der Waals surface area contributed by atoms with E-state index < -0.39 is 8.46 Å². The van der Waals surface area contributed by atoms with Gasteiger partial charge in [0.15, 0.2) is 0 Å². The summed E-state index contributed by atoms with van der Waals surface area (Å²) in [6.45, 7) is 0. The van der Waals surface area contributed by atoms with Crippen LogP contribution in [0.5, 0.6) is 0 Å². The molecular weight excluding hydrogens is 127 g/mol. The highest BCUT2D eigenvalue weighted by molar-refractivity contribution is 7.46. The van der Waals surface area contributed by atoms with Crippen LogP contribution in [-0.4, -0.2) is 0 Å². The molecule has 0 aliphatic rings. The first-order valence-electron chi connectivity index (χ1n) is 1.92. The van der Waals surface area contributed by atoms with Gasteiger partial charge in [-0.25, -0.2) is 0 Å². The van der Waals surface area contributed by atoms with Crippen LogP contribution in [0.15, 0.2) is 17.5 Å². The van der Waals surface area contributed by atoms with Gasteiger partial charge in [-0.2, -0.15) is 0 Å². The second-order valence-corrected chi connectivity index (χ2v) is 3.39. The normalized spacial score (nSPS) is 10.9. The fourth-order valence-electron chi connectivity index (χ4n) is 0.358. The van der Waals surface area contributed by atoms with Gasteiger partial charge in [-0.1, -0.05) is 6.07 Å². The third kappa shape index (κ3) is 1.15. The Balaban J connectivity index is 2.96. The Morgan fingerprint density at radius 1 is 1.71 bits per heavy atom. The molecule has 1 heterocycles. The van der Waals surface area contributed by atoms with Crippen molar-refractivity contribution in [2.45, 2.75) is 0 Å². The monoisotopic (exact) mass is 132 g/mol. The molecule has 1 unspecified atom stereocenters. The first kappa shape index (κ1) is 5.07. The third-order valence-electron chi connectivity index (χ3n) is 0.659. The Morgan fingerprint density at radius 3 is 2.86 bits per heavy atom. The van der Waals surface area contributed by atoms with Crippen LogP contribution < -0.4 is 4.62 Å². The van der Waals surface area contributed by atoms with Crippen molar-refractivity contribution in [2.75, 3.05) is 0 Å². The quantitative estimate of drug-likeness (QED) is 0.523. The summed E-state index contributed by atoms with van der Waals surface area (Å²) in [6.07, 6.45) is 0. The van der Waals surface area contributed by atoms with E-state index in [4.69, 9.17) is 0 Å². The summed E-state index contributed by atoms with van der Waals surface area (Å²) >= 11 is 1.55. The zero-order valence-electron chi connectivity index (χ0n) is 3.63. The Morgan fingerprint density at radius 2 is 2.57 bits per heavy atom. The van der Waals surface area contributed by atoms with E-state index in [9.17, 15) is 4.57 Å². The van der Waals surface area contributed by atoms with Crippen LogP contribution in [0.3, 0.4) is 0 Å². The van der Waals surface area contributed by atoms with E-state index in [1.54, 1.807) is 11.3 Å². The Bertz CT molecular complexity index is 147. The lowest BCUT2D eigenvalue weighted by Gasteiger charge is -1.67. The zero-order valence-corrected chi connectivity index (χ0v) is 5.60. The van der Waals surface area contributed by atoms with Gasteiger partial charge >= 0.3 is 0 Å². The highest BCUT2D eigenvalue weighted by Gasteiger charge is 1.81. The molecule has 1 aromatic heterocycles. The van der Waals surface area contributed by atoms with Gasteiger partial charge in [0.2, 0.25) is 0 Å². The molecule has 1 aromatic rings. The van der Waals surface area contributed by atoms with Crippen molar-refractivity contribution in [3.05, 3.63) is 17.5 Å². The molecule has 0 aliphatic carbocycles. The third-order valence-corrected chi connectivity index (χ3v) is 2.48. The van der Waals surface area contributed by atoms with Crippen LogP contribution in [-0.2, 0) is 4.57 Å². The topological polar surface area (TPSA) is 17.1 Å². The van der Waals surface area contributed by atoms with Crippen LogP contribution in [0.25, 0.3) is 0 Å². The van der Waals surface area contributed by atoms with Crippen LogP contribution in [0.1, 0.15) is 0 Å². The molecule has 1 atom stereocenters. The molecule has 1 rings (SSSR count). The fraction of sp³-hybridized carbons (Fsp3) is 0.